The normalized spacial score (nSPS) is 15.7. The summed E-state index contributed by atoms with van der Waals surface area (Å²) in [5.41, 5.74) is 6.14. The second kappa shape index (κ2) is 5.48. The number of carbonyl (C=O) groups excluding carboxylic acids is 1. The summed E-state index contributed by atoms with van der Waals surface area (Å²) in [6.07, 6.45) is 1.54. The number of hydrogen-bond donors (Lipinski definition) is 2. The molecule has 1 aromatic carbocycles. The van der Waals surface area contributed by atoms with Crippen LogP contribution in [0.2, 0.25) is 0 Å². The minimum absolute atomic E-state index is 0.0830. The molecule has 104 valence electrons. The number of benzene rings is 1. The van der Waals surface area contributed by atoms with Gasteiger partial charge >= 0.3 is 0 Å². The molecule has 1 aliphatic rings. The third kappa shape index (κ3) is 3.17. The largest absolute Gasteiger partial charge is 0.493 e. The molecule has 1 amide bonds. The molecule has 0 atom stereocenters. The first-order chi connectivity index (χ1) is 9.09. The van der Waals surface area contributed by atoms with E-state index < -0.39 is 5.54 Å². The van der Waals surface area contributed by atoms with Gasteiger partial charge in [0.25, 0.3) is 0 Å². The second-order valence-corrected chi connectivity index (χ2v) is 4.76. The van der Waals surface area contributed by atoms with E-state index in [9.17, 15) is 4.79 Å². The third-order valence-electron chi connectivity index (χ3n) is 3.22. The zero-order valence-corrected chi connectivity index (χ0v) is 11.4. The molecule has 3 N–H and O–H groups in total. The molecule has 0 spiro atoms. The molecule has 0 aromatic heterocycles. The number of hydrogen-bond acceptors (Lipinski definition) is 4. The molecule has 5 nitrogen and oxygen atoms in total. The summed E-state index contributed by atoms with van der Waals surface area (Å²) < 4.78 is 10.7. The fourth-order valence-electron chi connectivity index (χ4n) is 1.82. The molecule has 1 saturated carbocycles. The van der Waals surface area contributed by atoms with Crippen molar-refractivity contribution in [2.75, 3.05) is 13.7 Å². The van der Waals surface area contributed by atoms with Gasteiger partial charge in [-0.3, -0.25) is 4.79 Å². The van der Waals surface area contributed by atoms with Crippen LogP contribution < -0.4 is 20.5 Å². The van der Waals surface area contributed by atoms with Gasteiger partial charge in [-0.05, 0) is 37.5 Å². The Bertz CT molecular complexity index is 470. The molecule has 1 aromatic rings. The van der Waals surface area contributed by atoms with E-state index in [1.807, 2.05) is 25.1 Å². The van der Waals surface area contributed by atoms with Crippen LogP contribution in [0.1, 0.15) is 25.3 Å². The van der Waals surface area contributed by atoms with Gasteiger partial charge in [-0.1, -0.05) is 6.07 Å². The molecule has 0 bridgehead atoms. The van der Waals surface area contributed by atoms with Crippen LogP contribution in [-0.2, 0) is 11.3 Å². The molecule has 1 aliphatic carbocycles. The Balaban J connectivity index is 1.98. The van der Waals surface area contributed by atoms with Gasteiger partial charge in [0.1, 0.15) is 0 Å². The van der Waals surface area contributed by atoms with Crippen molar-refractivity contribution in [1.82, 2.24) is 5.32 Å². The van der Waals surface area contributed by atoms with Crippen molar-refractivity contribution in [3.8, 4) is 11.5 Å². The predicted molar refractivity (Wildman–Crippen MR) is 72.2 cm³/mol. The highest BCUT2D eigenvalue weighted by Crippen LogP contribution is 2.32. The van der Waals surface area contributed by atoms with E-state index in [-0.39, 0.29) is 5.91 Å². The molecule has 0 radical (unpaired) electrons. The van der Waals surface area contributed by atoms with Gasteiger partial charge in [-0.25, -0.2) is 0 Å². The summed E-state index contributed by atoms with van der Waals surface area (Å²) in [5, 5.41) is 2.84. The van der Waals surface area contributed by atoms with Gasteiger partial charge in [0.15, 0.2) is 11.5 Å². The maximum Gasteiger partial charge on any atom is 0.240 e. The van der Waals surface area contributed by atoms with E-state index in [2.05, 4.69) is 5.32 Å². The van der Waals surface area contributed by atoms with Crippen molar-refractivity contribution >= 4 is 5.91 Å². The lowest BCUT2D eigenvalue weighted by Gasteiger charge is -2.13. The molecule has 0 saturated heterocycles. The zero-order chi connectivity index (χ0) is 13.9. The van der Waals surface area contributed by atoms with Crippen LogP contribution in [-0.4, -0.2) is 25.2 Å². The monoisotopic (exact) mass is 264 g/mol. The topological polar surface area (TPSA) is 73.6 Å². The number of amides is 1. The van der Waals surface area contributed by atoms with Crippen molar-refractivity contribution in [1.29, 1.82) is 0 Å². The number of carbonyl (C=O) groups is 1. The SMILES string of the molecule is CCOc1ccc(CNC(=O)C2(N)CC2)cc1OC. The number of methoxy groups -OCH3 is 1. The average molecular weight is 264 g/mol. The summed E-state index contributed by atoms with van der Waals surface area (Å²) in [5.74, 6) is 1.29. The van der Waals surface area contributed by atoms with E-state index in [0.29, 0.717) is 24.7 Å². The van der Waals surface area contributed by atoms with E-state index in [1.54, 1.807) is 7.11 Å². The van der Waals surface area contributed by atoms with Crippen LogP contribution in [0.25, 0.3) is 0 Å². The Labute approximate surface area is 113 Å². The van der Waals surface area contributed by atoms with Crippen LogP contribution in [0.5, 0.6) is 11.5 Å². The highest BCUT2D eigenvalue weighted by atomic mass is 16.5. The predicted octanol–water partition coefficient (Wildman–Crippen LogP) is 1.20. The fraction of sp³-hybridized carbons (Fsp3) is 0.500. The molecule has 0 aliphatic heterocycles. The lowest BCUT2D eigenvalue weighted by molar-refractivity contribution is -0.123. The Kier molecular flexibility index (Phi) is 3.95. The standard InChI is InChI=1S/C14H20N2O3/c1-3-19-11-5-4-10(8-12(11)18-2)9-16-13(17)14(15)6-7-14/h4-5,8H,3,6-7,9,15H2,1-2H3,(H,16,17). The first-order valence-corrected chi connectivity index (χ1v) is 6.46. The second-order valence-electron chi connectivity index (χ2n) is 4.76. The number of ether oxygens (including phenoxy) is 2. The van der Waals surface area contributed by atoms with Crippen LogP contribution in [0.3, 0.4) is 0 Å². The average Bonchev–Trinajstić information content (AvgIpc) is 3.16. The summed E-state index contributed by atoms with van der Waals surface area (Å²) in [6.45, 7) is 2.95. The van der Waals surface area contributed by atoms with Gasteiger partial charge in [0, 0.05) is 6.54 Å². The molecule has 0 unspecified atom stereocenters. The third-order valence-corrected chi connectivity index (χ3v) is 3.22. The Morgan fingerprint density at radius 2 is 2.16 bits per heavy atom. The minimum Gasteiger partial charge on any atom is -0.493 e. The van der Waals surface area contributed by atoms with Crippen LogP contribution in [0.4, 0.5) is 0 Å². The summed E-state index contributed by atoms with van der Waals surface area (Å²) in [4.78, 5) is 11.7. The Morgan fingerprint density at radius 1 is 1.42 bits per heavy atom. The number of rotatable bonds is 6. The van der Waals surface area contributed by atoms with Gasteiger partial charge in [0.05, 0.1) is 19.3 Å². The summed E-state index contributed by atoms with van der Waals surface area (Å²) in [6, 6.07) is 5.62. The molecule has 19 heavy (non-hydrogen) atoms. The van der Waals surface area contributed by atoms with E-state index in [0.717, 1.165) is 18.4 Å². The Hall–Kier alpha value is -1.75. The van der Waals surface area contributed by atoms with Crippen molar-refractivity contribution in [2.45, 2.75) is 31.8 Å². The molecule has 2 rings (SSSR count). The molecule has 1 fully saturated rings. The smallest absolute Gasteiger partial charge is 0.240 e. The van der Waals surface area contributed by atoms with E-state index >= 15 is 0 Å². The maximum absolute atomic E-state index is 11.7. The first kappa shape index (κ1) is 13.7. The lowest BCUT2D eigenvalue weighted by atomic mass is 10.2. The molecule has 0 heterocycles. The highest BCUT2D eigenvalue weighted by molar-refractivity contribution is 5.88. The van der Waals surface area contributed by atoms with Gasteiger partial charge < -0.3 is 20.5 Å². The quantitative estimate of drug-likeness (QED) is 0.809. The highest BCUT2D eigenvalue weighted by Gasteiger charge is 2.45. The van der Waals surface area contributed by atoms with Crippen molar-refractivity contribution in [3.63, 3.8) is 0 Å². The first-order valence-electron chi connectivity index (χ1n) is 6.46. The zero-order valence-electron chi connectivity index (χ0n) is 11.4. The fourth-order valence-corrected chi connectivity index (χ4v) is 1.82. The maximum atomic E-state index is 11.7. The van der Waals surface area contributed by atoms with Gasteiger partial charge in [0.2, 0.25) is 5.91 Å². The van der Waals surface area contributed by atoms with Crippen LogP contribution in [0, 0.1) is 0 Å². The van der Waals surface area contributed by atoms with Crippen LogP contribution in [0.15, 0.2) is 18.2 Å². The number of nitrogens with two attached hydrogens (primary N) is 1. The van der Waals surface area contributed by atoms with Crippen molar-refractivity contribution < 1.29 is 14.3 Å². The van der Waals surface area contributed by atoms with Crippen LogP contribution >= 0.6 is 0 Å². The van der Waals surface area contributed by atoms with Gasteiger partial charge in [-0.15, -0.1) is 0 Å². The van der Waals surface area contributed by atoms with Gasteiger partial charge in [-0.2, -0.15) is 0 Å². The van der Waals surface area contributed by atoms with Crippen molar-refractivity contribution in [2.24, 2.45) is 5.73 Å². The van der Waals surface area contributed by atoms with E-state index in [4.69, 9.17) is 15.2 Å². The lowest BCUT2D eigenvalue weighted by Crippen LogP contribution is -2.42. The minimum atomic E-state index is -0.630. The molecule has 5 heteroatoms. The van der Waals surface area contributed by atoms with E-state index in [1.165, 1.54) is 0 Å². The molecular formula is C14H20N2O3. The summed E-state index contributed by atoms with van der Waals surface area (Å²) in [7, 11) is 1.60. The van der Waals surface area contributed by atoms with Crippen molar-refractivity contribution in [3.05, 3.63) is 23.8 Å². The summed E-state index contributed by atoms with van der Waals surface area (Å²) >= 11 is 0. The Morgan fingerprint density at radius 3 is 2.74 bits per heavy atom. The molecular weight excluding hydrogens is 244 g/mol. The number of nitrogens with one attached hydrogen (secondary N) is 1.